The first-order chi connectivity index (χ1) is 14.2. The Morgan fingerprint density at radius 1 is 1.10 bits per heavy atom. The van der Waals surface area contributed by atoms with Gasteiger partial charge in [-0.3, -0.25) is 14.2 Å². The van der Waals surface area contributed by atoms with Gasteiger partial charge in [-0.05, 0) is 44.2 Å². The molecule has 0 radical (unpaired) electrons. The number of hydrogen-bond donors (Lipinski definition) is 1. The number of nitrogens with one attached hydrogen (secondary N) is 1. The summed E-state index contributed by atoms with van der Waals surface area (Å²) in [6.45, 7) is 0.114. The molecule has 0 atom stereocenters. The molecule has 0 bridgehead atoms. The van der Waals surface area contributed by atoms with E-state index >= 15 is 0 Å². The van der Waals surface area contributed by atoms with E-state index in [4.69, 9.17) is 0 Å². The number of aromatic nitrogens is 4. The van der Waals surface area contributed by atoms with Crippen molar-refractivity contribution in [2.24, 2.45) is 0 Å². The third-order valence-electron chi connectivity index (χ3n) is 5.31. The van der Waals surface area contributed by atoms with E-state index in [-0.39, 0.29) is 37.2 Å². The number of halogens is 5. The van der Waals surface area contributed by atoms with Gasteiger partial charge in [0.2, 0.25) is 5.91 Å². The number of rotatable bonds is 9. The summed E-state index contributed by atoms with van der Waals surface area (Å²) >= 11 is 0. The van der Waals surface area contributed by atoms with E-state index in [1.807, 2.05) is 0 Å². The topological polar surface area (TPSA) is 64.7 Å². The van der Waals surface area contributed by atoms with Crippen molar-refractivity contribution in [1.29, 1.82) is 0 Å². The van der Waals surface area contributed by atoms with Gasteiger partial charge < -0.3 is 5.32 Å². The zero-order valence-electron chi connectivity index (χ0n) is 16.1. The molecule has 0 aromatic carbocycles. The van der Waals surface area contributed by atoms with Gasteiger partial charge in [-0.2, -0.15) is 23.4 Å². The van der Waals surface area contributed by atoms with Gasteiger partial charge >= 0.3 is 6.18 Å². The second kappa shape index (κ2) is 7.99. The first kappa shape index (κ1) is 20.8. The van der Waals surface area contributed by atoms with Crippen molar-refractivity contribution in [3.8, 4) is 0 Å². The number of amides is 1. The van der Waals surface area contributed by atoms with Crippen LogP contribution in [0.5, 0.6) is 0 Å². The minimum atomic E-state index is -4.49. The van der Waals surface area contributed by atoms with Crippen molar-refractivity contribution in [2.45, 2.75) is 69.6 Å². The number of carbonyl (C=O) groups is 1. The summed E-state index contributed by atoms with van der Waals surface area (Å²) in [5.41, 5.74) is -0.0281. The van der Waals surface area contributed by atoms with Crippen LogP contribution in [0.25, 0.3) is 0 Å². The highest BCUT2D eigenvalue weighted by molar-refractivity contribution is 5.75. The van der Waals surface area contributed by atoms with Gasteiger partial charge in [0.25, 0.3) is 6.43 Å². The van der Waals surface area contributed by atoms with Crippen LogP contribution in [0.1, 0.15) is 73.1 Å². The van der Waals surface area contributed by atoms with Crippen molar-refractivity contribution in [1.82, 2.24) is 24.9 Å². The standard InChI is InChI=1S/C19H22F5N5O/c20-18(21)15-8-13(11-2-3-11)26-29(15)10-17(30)25-6-1-7-28-14(12-4-5-12)9-16(27-28)19(22,23)24/h8-9,11-12,18H,1-7,10H2,(H,25,30). The summed E-state index contributed by atoms with van der Waals surface area (Å²) in [5.74, 6) is -0.166. The molecule has 0 spiro atoms. The third-order valence-corrected chi connectivity index (χ3v) is 5.31. The Morgan fingerprint density at radius 3 is 2.40 bits per heavy atom. The molecule has 2 fully saturated rings. The summed E-state index contributed by atoms with van der Waals surface area (Å²) in [7, 11) is 0. The number of carbonyl (C=O) groups excluding carboxylic acids is 1. The van der Waals surface area contributed by atoms with Crippen LogP contribution in [0.4, 0.5) is 22.0 Å². The number of hydrogen-bond acceptors (Lipinski definition) is 3. The van der Waals surface area contributed by atoms with Crippen LogP contribution in [-0.2, 0) is 24.1 Å². The average Bonchev–Trinajstić information content (AvgIpc) is 3.59. The van der Waals surface area contributed by atoms with Gasteiger partial charge in [0, 0.05) is 30.6 Å². The van der Waals surface area contributed by atoms with E-state index in [2.05, 4.69) is 15.5 Å². The maximum atomic E-state index is 13.2. The molecule has 0 aliphatic heterocycles. The van der Waals surface area contributed by atoms with E-state index in [0.29, 0.717) is 17.8 Å². The molecule has 11 heteroatoms. The second-order valence-electron chi connectivity index (χ2n) is 7.88. The quantitative estimate of drug-likeness (QED) is 0.482. The molecular formula is C19H22F5N5O. The summed E-state index contributed by atoms with van der Waals surface area (Å²) < 4.78 is 67.5. The predicted molar refractivity (Wildman–Crippen MR) is 96.0 cm³/mol. The lowest BCUT2D eigenvalue weighted by atomic mass is 10.2. The zero-order chi connectivity index (χ0) is 21.5. The Kier molecular flexibility index (Phi) is 5.54. The molecule has 0 unspecified atom stereocenters. The molecule has 6 nitrogen and oxygen atoms in total. The summed E-state index contributed by atoms with van der Waals surface area (Å²) in [5, 5.41) is 10.4. The van der Waals surface area contributed by atoms with Crippen LogP contribution < -0.4 is 5.32 Å². The zero-order valence-corrected chi connectivity index (χ0v) is 16.1. The fraction of sp³-hybridized carbons (Fsp3) is 0.632. The molecule has 1 N–H and O–H groups in total. The van der Waals surface area contributed by atoms with Gasteiger partial charge in [-0.1, -0.05) is 0 Å². The summed E-state index contributed by atoms with van der Waals surface area (Å²) in [6, 6.07) is 2.45. The molecule has 2 aromatic heterocycles. The molecule has 2 aliphatic carbocycles. The first-order valence-corrected chi connectivity index (χ1v) is 10.00. The maximum Gasteiger partial charge on any atom is 0.435 e. The van der Waals surface area contributed by atoms with Crippen molar-refractivity contribution in [3.63, 3.8) is 0 Å². The molecule has 1 amide bonds. The van der Waals surface area contributed by atoms with Crippen molar-refractivity contribution in [3.05, 3.63) is 34.9 Å². The van der Waals surface area contributed by atoms with E-state index < -0.39 is 24.2 Å². The number of nitrogens with zero attached hydrogens (tertiary/aromatic N) is 4. The lowest BCUT2D eigenvalue weighted by Crippen LogP contribution is -2.30. The summed E-state index contributed by atoms with van der Waals surface area (Å²) in [4.78, 5) is 12.1. The smallest absolute Gasteiger partial charge is 0.354 e. The van der Waals surface area contributed by atoms with Crippen molar-refractivity contribution < 1.29 is 26.7 Å². The minimum absolute atomic E-state index is 0.108. The summed E-state index contributed by atoms with van der Waals surface area (Å²) in [6.07, 6.45) is -3.32. The fourth-order valence-electron chi connectivity index (χ4n) is 3.44. The van der Waals surface area contributed by atoms with Gasteiger partial charge in [0.05, 0.1) is 5.69 Å². The highest BCUT2D eigenvalue weighted by Crippen LogP contribution is 2.42. The molecule has 30 heavy (non-hydrogen) atoms. The Balaban J connectivity index is 1.29. The van der Waals surface area contributed by atoms with Gasteiger partial charge in [0.15, 0.2) is 5.69 Å². The van der Waals surface area contributed by atoms with Crippen LogP contribution in [0, 0.1) is 0 Å². The third kappa shape index (κ3) is 4.81. The molecule has 2 saturated carbocycles. The van der Waals surface area contributed by atoms with Crippen molar-refractivity contribution >= 4 is 5.91 Å². The second-order valence-corrected chi connectivity index (χ2v) is 7.88. The number of alkyl halides is 5. The van der Waals surface area contributed by atoms with Crippen LogP contribution in [0.2, 0.25) is 0 Å². The van der Waals surface area contributed by atoms with Crippen LogP contribution in [0.15, 0.2) is 12.1 Å². The highest BCUT2D eigenvalue weighted by atomic mass is 19.4. The maximum absolute atomic E-state index is 13.2. The van der Waals surface area contributed by atoms with E-state index in [1.54, 1.807) is 0 Å². The van der Waals surface area contributed by atoms with Gasteiger partial charge in [-0.25, -0.2) is 8.78 Å². The van der Waals surface area contributed by atoms with Crippen molar-refractivity contribution in [2.75, 3.05) is 6.54 Å². The predicted octanol–water partition coefficient (Wildman–Crippen LogP) is 4.00. The average molecular weight is 431 g/mol. The molecule has 164 valence electrons. The van der Waals surface area contributed by atoms with E-state index in [9.17, 15) is 26.7 Å². The number of aryl methyl sites for hydroxylation is 1. The molecule has 4 rings (SSSR count). The van der Waals surface area contributed by atoms with E-state index in [0.717, 1.165) is 36.4 Å². The molecular weight excluding hydrogens is 409 g/mol. The fourth-order valence-corrected chi connectivity index (χ4v) is 3.44. The molecule has 0 saturated heterocycles. The minimum Gasteiger partial charge on any atom is -0.354 e. The Bertz CT molecular complexity index is 911. The molecule has 2 aromatic rings. The monoisotopic (exact) mass is 431 g/mol. The normalized spacial score (nSPS) is 17.0. The Morgan fingerprint density at radius 2 is 1.80 bits per heavy atom. The van der Waals surface area contributed by atoms with Gasteiger partial charge in [-0.15, -0.1) is 0 Å². The largest absolute Gasteiger partial charge is 0.435 e. The lowest BCUT2D eigenvalue weighted by Gasteiger charge is -2.09. The molecule has 2 aliphatic rings. The SMILES string of the molecule is O=C(Cn1nc(C2CC2)cc1C(F)F)NCCCn1nc(C(F)(F)F)cc1C1CC1. The van der Waals surface area contributed by atoms with Crippen LogP contribution in [0.3, 0.4) is 0 Å². The Hall–Kier alpha value is -2.46. The van der Waals surface area contributed by atoms with E-state index in [1.165, 1.54) is 10.7 Å². The molecule has 2 heterocycles. The van der Waals surface area contributed by atoms with Gasteiger partial charge in [0.1, 0.15) is 12.2 Å². The highest BCUT2D eigenvalue weighted by Gasteiger charge is 2.37. The van der Waals surface area contributed by atoms with Crippen LogP contribution >= 0.6 is 0 Å². The Labute approximate surface area is 169 Å². The lowest BCUT2D eigenvalue weighted by molar-refractivity contribution is -0.141. The first-order valence-electron chi connectivity index (χ1n) is 10.00. The van der Waals surface area contributed by atoms with Crippen LogP contribution in [-0.4, -0.2) is 32.0 Å².